The molecule has 0 unspecified atom stereocenters. The molecule has 1 heterocycles. The zero-order valence-electron chi connectivity index (χ0n) is 11.0. The Balaban J connectivity index is 1.98. The van der Waals surface area contributed by atoms with Gasteiger partial charge in [-0.15, -0.1) is 6.58 Å². The van der Waals surface area contributed by atoms with E-state index in [0.29, 0.717) is 6.04 Å². The molecule has 1 atom stereocenters. The molecule has 98 valence electrons. The molecule has 2 rings (SSSR count). The molecule has 1 aliphatic heterocycles. The van der Waals surface area contributed by atoms with Crippen molar-refractivity contribution in [2.45, 2.75) is 19.0 Å². The van der Waals surface area contributed by atoms with Crippen molar-refractivity contribution in [3.8, 4) is 5.75 Å². The van der Waals surface area contributed by atoms with E-state index in [2.05, 4.69) is 23.6 Å². The van der Waals surface area contributed by atoms with E-state index in [9.17, 15) is 0 Å². The Kier molecular flexibility index (Phi) is 4.79. The van der Waals surface area contributed by atoms with E-state index in [-0.39, 0.29) is 0 Å². The van der Waals surface area contributed by atoms with Crippen molar-refractivity contribution >= 4 is 0 Å². The Morgan fingerprint density at radius 3 is 2.89 bits per heavy atom. The van der Waals surface area contributed by atoms with Gasteiger partial charge in [-0.25, -0.2) is 0 Å². The maximum atomic E-state index is 5.53. The second kappa shape index (κ2) is 6.57. The first kappa shape index (κ1) is 13.1. The Hall–Kier alpha value is -1.32. The van der Waals surface area contributed by atoms with Crippen molar-refractivity contribution in [2.24, 2.45) is 0 Å². The van der Waals surface area contributed by atoms with E-state index in [1.165, 1.54) is 5.56 Å². The Bertz CT molecular complexity index is 375. The van der Waals surface area contributed by atoms with Crippen LogP contribution in [0.3, 0.4) is 0 Å². The molecule has 1 fully saturated rings. The van der Waals surface area contributed by atoms with Crippen molar-refractivity contribution in [2.75, 3.05) is 26.9 Å². The summed E-state index contributed by atoms with van der Waals surface area (Å²) >= 11 is 0. The van der Waals surface area contributed by atoms with Crippen LogP contribution in [-0.2, 0) is 11.3 Å². The van der Waals surface area contributed by atoms with E-state index in [1.54, 1.807) is 7.11 Å². The van der Waals surface area contributed by atoms with Crippen LogP contribution >= 0.6 is 0 Å². The zero-order valence-corrected chi connectivity index (χ0v) is 11.0. The second-order valence-electron chi connectivity index (χ2n) is 4.57. The number of rotatable bonds is 5. The molecule has 0 N–H and O–H groups in total. The number of nitrogens with zero attached hydrogens (tertiary/aromatic N) is 1. The van der Waals surface area contributed by atoms with Gasteiger partial charge in [-0.1, -0.05) is 18.2 Å². The summed E-state index contributed by atoms with van der Waals surface area (Å²) in [6.45, 7) is 7.41. The Morgan fingerprint density at radius 2 is 2.22 bits per heavy atom. The fraction of sp³-hybridized carbons (Fsp3) is 0.467. The lowest BCUT2D eigenvalue weighted by molar-refractivity contribution is -0.0102. The van der Waals surface area contributed by atoms with Crippen LogP contribution in [0.1, 0.15) is 12.0 Å². The molecular weight excluding hydrogens is 226 g/mol. The van der Waals surface area contributed by atoms with E-state index < -0.39 is 0 Å². The maximum absolute atomic E-state index is 5.53. The molecule has 0 bridgehead atoms. The number of methoxy groups -OCH3 is 1. The monoisotopic (exact) mass is 247 g/mol. The lowest BCUT2D eigenvalue weighted by atomic mass is 10.1. The van der Waals surface area contributed by atoms with Crippen LogP contribution in [-0.4, -0.2) is 37.8 Å². The molecule has 0 aliphatic carbocycles. The van der Waals surface area contributed by atoms with Crippen molar-refractivity contribution in [3.63, 3.8) is 0 Å². The van der Waals surface area contributed by atoms with Gasteiger partial charge in [-0.05, 0) is 24.1 Å². The Morgan fingerprint density at radius 1 is 1.44 bits per heavy atom. The SMILES string of the molecule is C=CC[C@@H]1COCCN1Cc1ccc(OC)cc1. The summed E-state index contributed by atoms with van der Waals surface area (Å²) in [5.74, 6) is 0.906. The van der Waals surface area contributed by atoms with Gasteiger partial charge in [0.05, 0.1) is 20.3 Å². The van der Waals surface area contributed by atoms with Gasteiger partial charge in [0.2, 0.25) is 0 Å². The van der Waals surface area contributed by atoms with Crippen molar-refractivity contribution in [3.05, 3.63) is 42.5 Å². The minimum Gasteiger partial charge on any atom is -0.497 e. The highest BCUT2D eigenvalue weighted by molar-refractivity contribution is 5.27. The normalized spacial score (nSPS) is 20.6. The molecule has 1 aliphatic rings. The topological polar surface area (TPSA) is 21.7 Å². The predicted molar refractivity (Wildman–Crippen MR) is 72.8 cm³/mol. The summed E-state index contributed by atoms with van der Waals surface area (Å²) in [5, 5.41) is 0. The average molecular weight is 247 g/mol. The average Bonchev–Trinajstić information content (AvgIpc) is 2.42. The molecule has 1 aromatic rings. The summed E-state index contributed by atoms with van der Waals surface area (Å²) in [7, 11) is 1.69. The number of morpholine rings is 1. The molecule has 0 aromatic heterocycles. The smallest absolute Gasteiger partial charge is 0.118 e. The third-order valence-corrected chi connectivity index (χ3v) is 3.33. The van der Waals surface area contributed by atoms with Crippen LogP contribution in [0.2, 0.25) is 0 Å². The molecule has 3 heteroatoms. The summed E-state index contributed by atoms with van der Waals surface area (Å²) in [6, 6.07) is 8.73. The minimum atomic E-state index is 0.457. The molecule has 0 radical (unpaired) electrons. The summed E-state index contributed by atoms with van der Waals surface area (Å²) in [6.07, 6.45) is 2.95. The summed E-state index contributed by atoms with van der Waals surface area (Å²) in [4.78, 5) is 2.47. The van der Waals surface area contributed by atoms with Gasteiger partial charge in [0.1, 0.15) is 5.75 Å². The van der Waals surface area contributed by atoms with E-state index in [1.807, 2.05) is 18.2 Å². The number of hydrogen-bond acceptors (Lipinski definition) is 3. The minimum absolute atomic E-state index is 0.457. The van der Waals surface area contributed by atoms with Crippen molar-refractivity contribution in [1.82, 2.24) is 4.90 Å². The molecule has 1 aromatic carbocycles. The molecule has 0 spiro atoms. The fourth-order valence-electron chi connectivity index (χ4n) is 2.27. The lowest BCUT2D eigenvalue weighted by Gasteiger charge is -2.35. The molecule has 0 amide bonds. The first-order valence-corrected chi connectivity index (χ1v) is 6.39. The van der Waals surface area contributed by atoms with Gasteiger partial charge in [-0.3, -0.25) is 4.90 Å². The predicted octanol–water partition coefficient (Wildman–Crippen LogP) is 2.47. The van der Waals surface area contributed by atoms with Crippen LogP contribution in [0, 0.1) is 0 Å². The molecule has 3 nitrogen and oxygen atoms in total. The second-order valence-corrected chi connectivity index (χ2v) is 4.57. The summed E-state index contributed by atoms with van der Waals surface area (Å²) in [5.41, 5.74) is 1.31. The third kappa shape index (κ3) is 3.34. The van der Waals surface area contributed by atoms with E-state index in [0.717, 1.165) is 38.5 Å². The van der Waals surface area contributed by atoms with E-state index >= 15 is 0 Å². The highest BCUT2D eigenvalue weighted by atomic mass is 16.5. The molecule has 18 heavy (non-hydrogen) atoms. The van der Waals surface area contributed by atoms with Gasteiger partial charge >= 0.3 is 0 Å². The van der Waals surface area contributed by atoms with Crippen molar-refractivity contribution < 1.29 is 9.47 Å². The lowest BCUT2D eigenvalue weighted by Crippen LogP contribution is -2.44. The Labute approximate surface area is 109 Å². The van der Waals surface area contributed by atoms with Crippen LogP contribution in [0.4, 0.5) is 0 Å². The number of ether oxygens (including phenoxy) is 2. The van der Waals surface area contributed by atoms with Gasteiger partial charge < -0.3 is 9.47 Å². The van der Waals surface area contributed by atoms with Gasteiger partial charge in [0.25, 0.3) is 0 Å². The van der Waals surface area contributed by atoms with Gasteiger partial charge in [0, 0.05) is 19.1 Å². The quantitative estimate of drug-likeness (QED) is 0.746. The first-order chi connectivity index (χ1) is 8.83. The van der Waals surface area contributed by atoms with Crippen LogP contribution < -0.4 is 4.74 Å². The van der Waals surface area contributed by atoms with Crippen LogP contribution in [0.15, 0.2) is 36.9 Å². The molecule has 0 saturated carbocycles. The highest BCUT2D eigenvalue weighted by Gasteiger charge is 2.21. The zero-order chi connectivity index (χ0) is 12.8. The third-order valence-electron chi connectivity index (χ3n) is 3.33. The fourth-order valence-corrected chi connectivity index (χ4v) is 2.27. The van der Waals surface area contributed by atoms with E-state index in [4.69, 9.17) is 9.47 Å². The standard InChI is InChI=1S/C15H21NO2/c1-3-4-14-12-18-10-9-16(14)11-13-5-7-15(17-2)8-6-13/h3,5-8,14H,1,4,9-12H2,2H3/t14-/m1/s1. The highest BCUT2D eigenvalue weighted by Crippen LogP contribution is 2.17. The summed E-state index contributed by atoms with van der Waals surface area (Å²) < 4.78 is 10.7. The van der Waals surface area contributed by atoms with Crippen molar-refractivity contribution in [1.29, 1.82) is 0 Å². The van der Waals surface area contributed by atoms with Gasteiger partial charge in [-0.2, -0.15) is 0 Å². The number of benzene rings is 1. The molecule has 1 saturated heterocycles. The molecular formula is C15H21NO2. The number of hydrogen-bond donors (Lipinski definition) is 0. The largest absolute Gasteiger partial charge is 0.497 e. The maximum Gasteiger partial charge on any atom is 0.118 e. The van der Waals surface area contributed by atoms with Crippen LogP contribution in [0.25, 0.3) is 0 Å². The first-order valence-electron chi connectivity index (χ1n) is 6.39. The van der Waals surface area contributed by atoms with Crippen LogP contribution in [0.5, 0.6) is 5.75 Å². The van der Waals surface area contributed by atoms with Gasteiger partial charge in [0.15, 0.2) is 0 Å².